The van der Waals surface area contributed by atoms with Gasteiger partial charge in [0.25, 0.3) is 0 Å². The Labute approximate surface area is 114 Å². The van der Waals surface area contributed by atoms with Crippen molar-refractivity contribution in [1.82, 2.24) is 20.5 Å². The van der Waals surface area contributed by atoms with Crippen LogP contribution in [0, 0.1) is 0 Å². The third-order valence-electron chi connectivity index (χ3n) is 3.42. The molecule has 1 N–H and O–H groups in total. The van der Waals surface area contributed by atoms with Gasteiger partial charge in [-0.25, -0.2) is 4.98 Å². The zero-order valence-corrected chi connectivity index (χ0v) is 12.0. The minimum Gasteiger partial charge on any atom is -0.377 e. The van der Waals surface area contributed by atoms with Crippen LogP contribution in [-0.2, 0) is 17.6 Å². The molecular weight excluding hydrogens is 242 g/mol. The Morgan fingerprint density at radius 1 is 1.26 bits per heavy atom. The van der Waals surface area contributed by atoms with Crippen molar-refractivity contribution in [2.24, 2.45) is 0 Å². The third-order valence-corrected chi connectivity index (χ3v) is 3.42. The molecule has 0 aromatic carbocycles. The molecule has 19 heavy (non-hydrogen) atoms. The molecule has 1 aliphatic heterocycles. The summed E-state index contributed by atoms with van der Waals surface area (Å²) in [6.45, 7) is 7.31. The molecule has 1 fully saturated rings. The summed E-state index contributed by atoms with van der Waals surface area (Å²) in [5.41, 5.74) is 2.06. The Bertz CT molecular complexity index is 410. The van der Waals surface area contributed by atoms with E-state index in [1.807, 2.05) is 7.05 Å². The monoisotopic (exact) mass is 265 g/mol. The van der Waals surface area contributed by atoms with Crippen LogP contribution in [0.2, 0.25) is 0 Å². The van der Waals surface area contributed by atoms with Crippen LogP contribution in [0.25, 0.3) is 0 Å². The lowest BCUT2D eigenvalue weighted by atomic mass is 10.2. The molecule has 1 unspecified atom stereocenters. The lowest BCUT2D eigenvalue weighted by Gasteiger charge is -2.35. The number of aryl methyl sites for hydroxylation is 2. The van der Waals surface area contributed by atoms with Crippen molar-refractivity contribution >= 4 is 5.95 Å². The molecular formula is C13H23N5O. The highest BCUT2D eigenvalue weighted by Gasteiger charge is 2.25. The summed E-state index contributed by atoms with van der Waals surface area (Å²) in [6.07, 6.45) is 1.78. The number of morpholine rings is 1. The largest absolute Gasteiger partial charge is 0.377 e. The second-order valence-corrected chi connectivity index (χ2v) is 4.69. The topological polar surface area (TPSA) is 63.2 Å². The van der Waals surface area contributed by atoms with Gasteiger partial charge in [0.1, 0.15) is 0 Å². The van der Waals surface area contributed by atoms with Crippen molar-refractivity contribution in [3.05, 3.63) is 11.4 Å². The smallest absolute Gasteiger partial charge is 0.246 e. The Morgan fingerprint density at radius 2 is 2.05 bits per heavy atom. The fourth-order valence-electron chi connectivity index (χ4n) is 2.37. The lowest BCUT2D eigenvalue weighted by molar-refractivity contribution is 0.0933. The second kappa shape index (κ2) is 6.77. The quantitative estimate of drug-likeness (QED) is 0.832. The van der Waals surface area contributed by atoms with Gasteiger partial charge in [-0.15, -0.1) is 5.10 Å². The SMILES string of the molecule is CCc1nnc(N2CCOCC2CNC)nc1CC. The van der Waals surface area contributed by atoms with Gasteiger partial charge >= 0.3 is 0 Å². The van der Waals surface area contributed by atoms with Gasteiger partial charge in [0.15, 0.2) is 0 Å². The van der Waals surface area contributed by atoms with Crippen LogP contribution < -0.4 is 10.2 Å². The first-order valence-electron chi connectivity index (χ1n) is 7.01. The Hall–Kier alpha value is -1.27. The first kappa shape index (κ1) is 14.1. The van der Waals surface area contributed by atoms with Gasteiger partial charge in [-0.1, -0.05) is 13.8 Å². The number of likely N-dealkylation sites (N-methyl/N-ethyl adjacent to an activating group) is 1. The average Bonchev–Trinajstić information content (AvgIpc) is 2.47. The molecule has 0 amide bonds. The van der Waals surface area contributed by atoms with Crippen molar-refractivity contribution in [2.45, 2.75) is 32.7 Å². The molecule has 2 rings (SSSR count). The van der Waals surface area contributed by atoms with Gasteiger partial charge in [0, 0.05) is 13.1 Å². The van der Waals surface area contributed by atoms with E-state index >= 15 is 0 Å². The van der Waals surface area contributed by atoms with E-state index in [1.165, 1.54) is 0 Å². The van der Waals surface area contributed by atoms with Crippen molar-refractivity contribution in [2.75, 3.05) is 38.3 Å². The zero-order chi connectivity index (χ0) is 13.7. The summed E-state index contributed by atoms with van der Waals surface area (Å²) in [5.74, 6) is 0.734. The highest BCUT2D eigenvalue weighted by molar-refractivity contribution is 5.33. The summed E-state index contributed by atoms with van der Waals surface area (Å²) < 4.78 is 5.53. The van der Waals surface area contributed by atoms with Crippen LogP contribution >= 0.6 is 0 Å². The molecule has 6 heteroatoms. The van der Waals surface area contributed by atoms with Crippen LogP contribution in [0.4, 0.5) is 5.95 Å². The summed E-state index contributed by atoms with van der Waals surface area (Å²) in [7, 11) is 1.95. The van der Waals surface area contributed by atoms with Crippen molar-refractivity contribution < 1.29 is 4.74 Å². The van der Waals surface area contributed by atoms with Crippen molar-refractivity contribution in [3.63, 3.8) is 0 Å². The summed E-state index contributed by atoms with van der Waals surface area (Å²) in [5, 5.41) is 11.8. The number of rotatable bonds is 5. The maximum atomic E-state index is 5.53. The number of nitrogens with one attached hydrogen (secondary N) is 1. The predicted octanol–water partition coefficient (Wildman–Crippen LogP) is 0.421. The number of hydrogen-bond acceptors (Lipinski definition) is 6. The highest BCUT2D eigenvalue weighted by atomic mass is 16.5. The third kappa shape index (κ3) is 3.19. The number of aromatic nitrogens is 3. The minimum absolute atomic E-state index is 0.276. The molecule has 0 radical (unpaired) electrons. The number of ether oxygens (including phenoxy) is 1. The summed E-state index contributed by atoms with van der Waals surface area (Å²) >= 11 is 0. The molecule has 1 aliphatic rings. The lowest BCUT2D eigenvalue weighted by Crippen LogP contribution is -2.51. The summed E-state index contributed by atoms with van der Waals surface area (Å²) in [4.78, 5) is 6.89. The van der Waals surface area contributed by atoms with Gasteiger partial charge < -0.3 is 15.0 Å². The molecule has 0 spiro atoms. The minimum atomic E-state index is 0.276. The Kier molecular flexibility index (Phi) is 5.04. The van der Waals surface area contributed by atoms with E-state index in [1.54, 1.807) is 0 Å². The van der Waals surface area contributed by atoms with E-state index in [4.69, 9.17) is 4.74 Å². The van der Waals surface area contributed by atoms with Gasteiger partial charge in [0.05, 0.1) is 30.6 Å². The van der Waals surface area contributed by atoms with E-state index in [-0.39, 0.29) is 6.04 Å². The van der Waals surface area contributed by atoms with Crippen molar-refractivity contribution in [1.29, 1.82) is 0 Å². The van der Waals surface area contributed by atoms with Crippen LogP contribution in [-0.4, -0.2) is 54.6 Å². The molecule has 1 aromatic rings. The normalized spacial score (nSPS) is 19.7. The van der Waals surface area contributed by atoms with Gasteiger partial charge in [-0.05, 0) is 19.9 Å². The maximum absolute atomic E-state index is 5.53. The zero-order valence-electron chi connectivity index (χ0n) is 12.0. The van der Waals surface area contributed by atoms with Crippen LogP contribution in [0.3, 0.4) is 0 Å². The molecule has 106 valence electrons. The van der Waals surface area contributed by atoms with Gasteiger partial charge in [0.2, 0.25) is 5.95 Å². The van der Waals surface area contributed by atoms with E-state index < -0.39 is 0 Å². The number of hydrogen-bond donors (Lipinski definition) is 1. The first-order chi connectivity index (χ1) is 9.30. The van der Waals surface area contributed by atoms with Crippen LogP contribution in [0.5, 0.6) is 0 Å². The van der Waals surface area contributed by atoms with Gasteiger partial charge in [-0.3, -0.25) is 0 Å². The van der Waals surface area contributed by atoms with Gasteiger partial charge in [-0.2, -0.15) is 5.10 Å². The molecule has 6 nitrogen and oxygen atoms in total. The van der Waals surface area contributed by atoms with E-state index in [0.29, 0.717) is 6.61 Å². The highest BCUT2D eigenvalue weighted by Crippen LogP contribution is 2.16. The fourth-order valence-corrected chi connectivity index (χ4v) is 2.37. The van der Waals surface area contributed by atoms with Crippen molar-refractivity contribution in [3.8, 4) is 0 Å². The predicted molar refractivity (Wildman–Crippen MR) is 74.5 cm³/mol. The Balaban J connectivity index is 2.23. The number of nitrogens with zero attached hydrogens (tertiary/aromatic N) is 4. The second-order valence-electron chi connectivity index (χ2n) is 4.69. The molecule has 1 atom stereocenters. The fraction of sp³-hybridized carbons (Fsp3) is 0.769. The van der Waals surface area contributed by atoms with E-state index in [0.717, 1.165) is 49.9 Å². The summed E-state index contributed by atoms with van der Waals surface area (Å²) in [6, 6.07) is 0.276. The molecule has 2 heterocycles. The molecule has 0 aliphatic carbocycles. The first-order valence-corrected chi connectivity index (χ1v) is 7.01. The molecule has 1 saturated heterocycles. The Morgan fingerprint density at radius 3 is 2.74 bits per heavy atom. The molecule has 1 aromatic heterocycles. The average molecular weight is 265 g/mol. The van der Waals surface area contributed by atoms with Crippen LogP contribution in [0.15, 0.2) is 0 Å². The van der Waals surface area contributed by atoms with E-state index in [9.17, 15) is 0 Å². The standard InChI is InChI=1S/C13H23N5O/c1-4-11-12(5-2)16-17-13(15-11)18-6-7-19-9-10(18)8-14-3/h10,14H,4-9H2,1-3H3. The van der Waals surface area contributed by atoms with Crippen LogP contribution in [0.1, 0.15) is 25.2 Å². The molecule has 0 bridgehead atoms. The molecule has 0 saturated carbocycles. The number of anilines is 1. The van der Waals surface area contributed by atoms with E-state index in [2.05, 4.69) is 39.2 Å². The maximum Gasteiger partial charge on any atom is 0.246 e.